The van der Waals surface area contributed by atoms with Crippen molar-refractivity contribution in [2.75, 3.05) is 6.54 Å². The van der Waals surface area contributed by atoms with Crippen LogP contribution in [0.15, 0.2) is 16.3 Å². The average Bonchev–Trinajstić information content (AvgIpc) is 2.65. The molecule has 6 nitrogen and oxygen atoms in total. The van der Waals surface area contributed by atoms with Gasteiger partial charge in [-0.1, -0.05) is 6.92 Å². The van der Waals surface area contributed by atoms with E-state index in [1.165, 1.54) is 5.57 Å². The molecule has 0 spiro atoms. The summed E-state index contributed by atoms with van der Waals surface area (Å²) in [6.45, 7) is 6.59. The molecule has 2 aliphatic heterocycles. The van der Waals surface area contributed by atoms with Crippen LogP contribution in [0.25, 0.3) is 0 Å². The molecule has 7 heteroatoms. The van der Waals surface area contributed by atoms with Crippen molar-refractivity contribution in [2.45, 2.75) is 45.7 Å². The van der Waals surface area contributed by atoms with E-state index >= 15 is 0 Å². The molecular weight excluding hydrogens is 254 g/mol. The summed E-state index contributed by atoms with van der Waals surface area (Å²) in [5, 5.41) is 0. The van der Waals surface area contributed by atoms with Crippen LogP contribution in [0.4, 0.5) is 0 Å². The Kier molecular flexibility index (Phi) is 3.48. The lowest BCUT2D eigenvalue weighted by molar-refractivity contribution is 0.447. The molecule has 0 aromatic carbocycles. The number of rotatable bonds is 3. The quantitative estimate of drug-likeness (QED) is 0.750. The zero-order valence-corrected chi connectivity index (χ0v) is 11.7. The van der Waals surface area contributed by atoms with E-state index in [2.05, 4.69) is 16.6 Å². The SMILES string of the molecule is CCC1N=C(C)N2CC(NS(=O)(=O)O)CC2=C1C. The van der Waals surface area contributed by atoms with E-state index in [9.17, 15) is 8.42 Å². The van der Waals surface area contributed by atoms with Crippen LogP contribution in [0.5, 0.6) is 0 Å². The number of nitrogens with zero attached hydrogens (tertiary/aromatic N) is 2. The van der Waals surface area contributed by atoms with Crippen LogP contribution in [0.3, 0.4) is 0 Å². The van der Waals surface area contributed by atoms with Crippen molar-refractivity contribution in [2.24, 2.45) is 4.99 Å². The van der Waals surface area contributed by atoms with Crippen molar-refractivity contribution in [3.8, 4) is 0 Å². The van der Waals surface area contributed by atoms with Gasteiger partial charge in [0, 0.05) is 24.7 Å². The highest BCUT2D eigenvalue weighted by Crippen LogP contribution is 2.32. The summed E-state index contributed by atoms with van der Waals surface area (Å²) in [4.78, 5) is 6.63. The predicted molar refractivity (Wildman–Crippen MR) is 69.7 cm³/mol. The van der Waals surface area contributed by atoms with Gasteiger partial charge in [-0.2, -0.15) is 13.1 Å². The maximum atomic E-state index is 10.9. The summed E-state index contributed by atoms with van der Waals surface area (Å²) in [5.41, 5.74) is 2.33. The van der Waals surface area contributed by atoms with Gasteiger partial charge < -0.3 is 4.90 Å². The van der Waals surface area contributed by atoms with Crippen molar-refractivity contribution in [1.29, 1.82) is 0 Å². The first-order chi connectivity index (χ1) is 8.31. The molecule has 0 saturated carbocycles. The molecule has 2 rings (SSSR count). The Balaban J connectivity index is 2.23. The van der Waals surface area contributed by atoms with Crippen molar-refractivity contribution in [3.05, 3.63) is 11.3 Å². The van der Waals surface area contributed by atoms with Gasteiger partial charge >= 0.3 is 10.3 Å². The lowest BCUT2D eigenvalue weighted by Gasteiger charge is -2.29. The molecule has 0 bridgehead atoms. The Bertz CT molecular complexity index is 510. The van der Waals surface area contributed by atoms with Gasteiger partial charge in [0.1, 0.15) is 5.84 Å². The van der Waals surface area contributed by atoms with Crippen molar-refractivity contribution in [3.63, 3.8) is 0 Å². The molecule has 0 aromatic heterocycles. The second kappa shape index (κ2) is 4.64. The van der Waals surface area contributed by atoms with Gasteiger partial charge in [0.25, 0.3) is 0 Å². The molecule has 0 radical (unpaired) electrons. The average molecular weight is 273 g/mol. The number of amidine groups is 1. The highest BCUT2D eigenvalue weighted by atomic mass is 32.2. The van der Waals surface area contributed by atoms with Crippen LogP contribution >= 0.6 is 0 Å². The summed E-state index contributed by atoms with van der Waals surface area (Å²) >= 11 is 0. The summed E-state index contributed by atoms with van der Waals surface area (Å²) in [6, 6.07) is -0.0913. The fourth-order valence-corrected chi connectivity index (χ4v) is 3.29. The largest absolute Gasteiger partial charge is 0.333 e. The maximum absolute atomic E-state index is 10.9. The van der Waals surface area contributed by atoms with Crippen LogP contribution in [-0.4, -0.2) is 42.3 Å². The molecular formula is C11H19N3O3S. The van der Waals surface area contributed by atoms with E-state index in [0.29, 0.717) is 13.0 Å². The summed E-state index contributed by atoms with van der Waals surface area (Å²) < 4.78 is 32.8. The van der Waals surface area contributed by atoms with Crippen molar-refractivity contribution < 1.29 is 13.0 Å². The van der Waals surface area contributed by atoms with Crippen molar-refractivity contribution in [1.82, 2.24) is 9.62 Å². The third-order valence-electron chi connectivity index (χ3n) is 3.56. The Morgan fingerprint density at radius 2 is 2.17 bits per heavy atom. The summed E-state index contributed by atoms with van der Waals surface area (Å²) in [7, 11) is -4.14. The van der Waals surface area contributed by atoms with Gasteiger partial charge in [-0.3, -0.25) is 9.55 Å². The smallest absolute Gasteiger partial charge is 0.332 e. The zero-order valence-electron chi connectivity index (χ0n) is 10.8. The third-order valence-corrected chi connectivity index (χ3v) is 4.19. The minimum absolute atomic E-state index is 0.195. The maximum Gasteiger partial charge on any atom is 0.333 e. The van der Waals surface area contributed by atoms with E-state index < -0.39 is 10.3 Å². The monoisotopic (exact) mass is 273 g/mol. The molecule has 0 aromatic rings. The van der Waals surface area contributed by atoms with Gasteiger partial charge in [-0.05, 0) is 25.8 Å². The van der Waals surface area contributed by atoms with Gasteiger partial charge in [0.05, 0.1) is 6.04 Å². The van der Waals surface area contributed by atoms with Gasteiger partial charge in [0.15, 0.2) is 0 Å². The lowest BCUT2D eigenvalue weighted by Crippen LogP contribution is -2.38. The fourth-order valence-electron chi connectivity index (χ4n) is 2.71. The number of hydrogen-bond acceptors (Lipinski definition) is 4. The second-order valence-electron chi connectivity index (χ2n) is 4.83. The highest BCUT2D eigenvalue weighted by molar-refractivity contribution is 7.83. The van der Waals surface area contributed by atoms with Crippen LogP contribution in [0.2, 0.25) is 0 Å². The van der Waals surface area contributed by atoms with E-state index in [-0.39, 0.29) is 12.1 Å². The minimum atomic E-state index is -4.14. The van der Waals surface area contributed by atoms with Crippen LogP contribution in [0, 0.1) is 0 Å². The standard InChI is InChI=1S/C11H19N3O3S/c1-4-10-7(2)11-5-9(13-18(15,16)17)6-14(11)8(3)12-10/h9-10,13H,4-6H2,1-3H3,(H,15,16,17). The molecule has 2 aliphatic rings. The first kappa shape index (κ1) is 13.5. The van der Waals surface area contributed by atoms with E-state index in [1.54, 1.807) is 0 Å². The summed E-state index contributed by atoms with van der Waals surface area (Å²) in [6.07, 6.45) is 1.55. The molecule has 102 valence electrons. The van der Waals surface area contributed by atoms with Gasteiger partial charge in [-0.15, -0.1) is 0 Å². The second-order valence-corrected chi connectivity index (χ2v) is 6.02. The molecule has 2 atom stereocenters. The Morgan fingerprint density at radius 1 is 1.50 bits per heavy atom. The number of aliphatic imine (C=N–C) groups is 1. The Hall–Kier alpha value is -0.920. The van der Waals surface area contributed by atoms with Gasteiger partial charge in [0.2, 0.25) is 0 Å². The molecule has 0 amide bonds. The predicted octanol–water partition coefficient (Wildman–Crippen LogP) is 0.938. The third kappa shape index (κ3) is 2.57. The van der Waals surface area contributed by atoms with Crippen molar-refractivity contribution >= 4 is 16.1 Å². The lowest BCUT2D eigenvalue weighted by atomic mass is 10.0. The van der Waals surface area contributed by atoms with E-state index in [1.807, 2.05) is 18.7 Å². The molecule has 2 N–H and O–H groups in total. The number of fused-ring (bicyclic) bond motifs is 1. The van der Waals surface area contributed by atoms with E-state index in [0.717, 1.165) is 18.0 Å². The normalized spacial score (nSPS) is 28.4. The number of hydrogen-bond donors (Lipinski definition) is 2. The molecule has 1 saturated heterocycles. The fraction of sp³-hybridized carbons (Fsp3) is 0.727. The number of nitrogens with one attached hydrogen (secondary N) is 1. The molecule has 18 heavy (non-hydrogen) atoms. The zero-order chi connectivity index (χ0) is 13.5. The van der Waals surface area contributed by atoms with E-state index in [4.69, 9.17) is 4.55 Å². The Labute approximate surface area is 108 Å². The topological polar surface area (TPSA) is 82.0 Å². The molecule has 0 aliphatic carbocycles. The Morgan fingerprint density at radius 3 is 2.72 bits per heavy atom. The van der Waals surface area contributed by atoms with Crippen LogP contribution in [0.1, 0.15) is 33.6 Å². The molecule has 1 fully saturated rings. The highest BCUT2D eigenvalue weighted by Gasteiger charge is 2.35. The first-order valence-electron chi connectivity index (χ1n) is 6.08. The minimum Gasteiger partial charge on any atom is -0.332 e. The van der Waals surface area contributed by atoms with Gasteiger partial charge in [-0.25, -0.2) is 0 Å². The molecule has 2 heterocycles. The summed E-state index contributed by atoms with van der Waals surface area (Å²) in [5.74, 6) is 0.919. The van der Waals surface area contributed by atoms with Crippen LogP contribution in [-0.2, 0) is 10.3 Å². The van der Waals surface area contributed by atoms with Crippen LogP contribution < -0.4 is 4.72 Å². The first-order valence-corrected chi connectivity index (χ1v) is 7.52. The molecule has 2 unspecified atom stereocenters.